The van der Waals surface area contributed by atoms with Crippen molar-refractivity contribution in [3.05, 3.63) is 94.8 Å². The first-order valence-corrected chi connectivity index (χ1v) is 11.9. The fourth-order valence-electron chi connectivity index (χ4n) is 3.13. The Morgan fingerprint density at radius 1 is 1.03 bits per heavy atom. The van der Waals surface area contributed by atoms with E-state index in [0.717, 1.165) is 15.4 Å². The van der Waals surface area contributed by atoms with Crippen molar-refractivity contribution in [1.82, 2.24) is 5.32 Å². The van der Waals surface area contributed by atoms with Gasteiger partial charge in [0.25, 0.3) is 10.0 Å². The number of hydrogen-bond donors (Lipinski definition) is 1. The summed E-state index contributed by atoms with van der Waals surface area (Å²) in [5.74, 6) is -0.724. The fourth-order valence-corrected chi connectivity index (χ4v) is 4.74. The first kappa shape index (κ1) is 23.8. The lowest BCUT2D eigenvalue weighted by molar-refractivity contribution is -0.119. The van der Waals surface area contributed by atoms with E-state index in [9.17, 15) is 17.6 Å². The summed E-state index contributed by atoms with van der Waals surface area (Å²) in [6, 6.07) is 19.0. The largest absolute Gasteiger partial charge is 0.355 e. The average Bonchev–Trinajstić information content (AvgIpc) is 2.79. The Kier molecular flexibility index (Phi) is 7.88. The van der Waals surface area contributed by atoms with Crippen molar-refractivity contribution in [3.63, 3.8) is 0 Å². The second-order valence-electron chi connectivity index (χ2n) is 7.34. The third-order valence-corrected chi connectivity index (χ3v) is 7.13. The number of anilines is 1. The van der Waals surface area contributed by atoms with Gasteiger partial charge in [-0.05, 0) is 67.3 Å². The minimum absolute atomic E-state index is 0.0841. The summed E-state index contributed by atoms with van der Waals surface area (Å²) in [4.78, 5) is 12.7. The van der Waals surface area contributed by atoms with Gasteiger partial charge in [-0.2, -0.15) is 0 Å². The third-order valence-electron chi connectivity index (χ3n) is 4.94. The number of nitrogens with one attached hydrogen (secondary N) is 1. The number of aryl methyl sites for hydroxylation is 2. The van der Waals surface area contributed by atoms with E-state index in [1.807, 2.05) is 6.92 Å². The van der Waals surface area contributed by atoms with Crippen molar-refractivity contribution in [2.24, 2.45) is 0 Å². The molecule has 3 aromatic carbocycles. The predicted molar refractivity (Wildman–Crippen MR) is 125 cm³/mol. The van der Waals surface area contributed by atoms with Crippen molar-refractivity contribution < 1.29 is 17.6 Å². The zero-order valence-corrected chi connectivity index (χ0v) is 19.2. The smallest absolute Gasteiger partial charge is 0.264 e. The Labute approximate surface area is 192 Å². The van der Waals surface area contributed by atoms with Crippen molar-refractivity contribution >= 4 is 33.2 Å². The number of carbonyl (C=O) groups is 1. The summed E-state index contributed by atoms with van der Waals surface area (Å²) >= 11 is 6.22. The molecule has 0 aliphatic rings. The molecule has 0 radical (unpaired) electrons. The lowest BCUT2D eigenvalue weighted by atomic mass is 10.1. The molecule has 0 aromatic heterocycles. The lowest BCUT2D eigenvalue weighted by Crippen LogP contribution is -2.41. The highest BCUT2D eigenvalue weighted by Gasteiger charge is 2.27. The quantitative estimate of drug-likeness (QED) is 0.456. The molecule has 0 saturated heterocycles. The van der Waals surface area contributed by atoms with Gasteiger partial charge >= 0.3 is 0 Å². The Balaban J connectivity index is 1.71. The van der Waals surface area contributed by atoms with E-state index in [-0.39, 0.29) is 17.3 Å². The van der Waals surface area contributed by atoms with Crippen molar-refractivity contribution in [2.45, 2.75) is 24.7 Å². The normalized spacial score (nSPS) is 11.2. The van der Waals surface area contributed by atoms with Gasteiger partial charge in [0.15, 0.2) is 0 Å². The van der Waals surface area contributed by atoms with Crippen LogP contribution in [-0.2, 0) is 21.2 Å². The minimum atomic E-state index is -3.98. The molecule has 0 spiro atoms. The van der Waals surface area contributed by atoms with Crippen molar-refractivity contribution in [1.29, 1.82) is 0 Å². The van der Waals surface area contributed by atoms with Crippen LogP contribution in [0.15, 0.2) is 77.7 Å². The first-order chi connectivity index (χ1) is 15.3. The molecule has 8 heteroatoms. The summed E-state index contributed by atoms with van der Waals surface area (Å²) < 4.78 is 40.6. The summed E-state index contributed by atoms with van der Waals surface area (Å²) in [7, 11) is -3.98. The highest BCUT2D eigenvalue weighted by atomic mass is 35.5. The van der Waals surface area contributed by atoms with Crippen LogP contribution < -0.4 is 9.62 Å². The number of hydrogen-bond acceptors (Lipinski definition) is 3. The van der Waals surface area contributed by atoms with Crippen LogP contribution in [0.25, 0.3) is 0 Å². The SMILES string of the molecule is Cc1ccc(N(CC(=O)NCCCc2ccc(F)cc2)S(=O)(=O)c2ccccc2)cc1Cl. The Morgan fingerprint density at radius 3 is 2.38 bits per heavy atom. The van der Waals surface area contributed by atoms with Crippen molar-refractivity contribution in [2.75, 3.05) is 17.4 Å². The lowest BCUT2D eigenvalue weighted by Gasteiger charge is -2.24. The second kappa shape index (κ2) is 10.6. The number of amides is 1. The Hall–Kier alpha value is -2.90. The van der Waals surface area contributed by atoms with E-state index in [0.29, 0.717) is 30.1 Å². The molecule has 168 valence electrons. The van der Waals surface area contributed by atoms with Crippen LogP contribution in [0.1, 0.15) is 17.5 Å². The maximum Gasteiger partial charge on any atom is 0.264 e. The summed E-state index contributed by atoms with van der Waals surface area (Å²) in [6.07, 6.45) is 1.30. The van der Waals surface area contributed by atoms with Gasteiger partial charge in [0.2, 0.25) is 5.91 Å². The molecule has 0 unspecified atom stereocenters. The van der Waals surface area contributed by atoms with Gasteiger partial charge in [0.05, 0.1) is 10.6 Å². The molecule has 1 amide bonds. The standard InChI is InChI=1S/C24H24ClFN2O3S/c1-18-9-14-21(16-23(18)25)28(32(30,31)22-7-3-2-4-8-22)17-24(29)27-15-5-6-19-10-12-20(26)13-11-19/h2-4,7-14,16H,5-6,15,17H2,1H3,(H,27,29). The molecular weight excluding hydrogens is 451 g/mol. The number of nitrogens with zero attached hydrogens (tertiary/aromatic N) is 1. The number of carbonyl (C=O) groups excluding carboxylic acids is 1. The van der Waals surface area contributed by atoms with Gasteiger partial charge in [-0.25, -0.2) is 12.8 Å². The van der Waals surface area contributed by atoms with Crippen LogP contribution in [0.2, 0.25) is 5.02 Å². The monoisotopic (exact) mass is 474 g/mol. The molecular formula is C24H24ClFN2O3S. The number of halogens is 2. The van der Waals surface area contributed by atoms with Crippen LogP contribution in [0.3, 0.4) is 0 Å². The number of sulfonamides is 1. The number of rotatable bonds is 9. The topological polar surface area (TPSA) is 66.5 Å². The highest BCUT2D eigenvalue weighted by molar-refractivity contribution is 7.92. The molecule has 0 fully saturated rings. The number of benzene rings is 3. The van der Waals surface area contributed by atoms with Gasteiger partial charge in [0, 0.05) is 11.6 Å². The third kappa shape index (κ3) is 6.08. The molecule has 32 heavy (non-hydrogen) atoms. The van der Waals surface area contributed by atoms with Gasteiger partial charge in [-0.15, -0.1) is 0 Å². The second-order valence-corrected chi connectivity index (χ2v) is 9.61. The van der Waals surface area contributed by atoms with E-state index < -0.39 is 15.9 Å². The van der Waals surface area contributed by atoms with Crippen LogP contribution in [0, 0.1) is 12.7 Å². The van der Waals surface area contributed by atoms with Gasteiger partial charge in [-0.1, -0.05) is 48.0 Å². The molecule has 0 saturated carbocycles. The molecule has 1 N–H and O–H groups in total. The zero-order valence-electron chi connectivity index (χ0n) is 17.6. The summed E-state index contributed by atoms with van der Waals surface area (Å²) in [5.41, 5.74) is 2.08. The van der Waals surface area contributed by atoms with Crippen LogP contribution >= 0.6 is 11.6 Å². The van der Waals surface area contributed by atoms with Gasteiger partial charge in [-0.3, -0.25) is 9.10 Å². The molecule has 3 aromatic rings. The first-order valence-electron chi connectivity index (χ1n) is 10.1. The van der Waals surface area contributed by atoms with E-state index >= 15 is 0 Å². The van der Waals surface area contributed by atoms with E-state index in [1.165, 1.54) is 24.3 Å². The maximum absolute atomic E-state index is 13.3. The van der Waals surface area contributed by atoms with Gasteiger partial charge in [0.1, 0.15) is 12.4 Å². The van der Waals surface area contributed by atoms with Crippen LogP contribution in [0.4, 0.5) is 10.1 Å². The molecule has 0 bridgehead atoms. The molecule has 3 rings (SSSR count). The molecule has 5 nitrogen and oxygen atoms in total. The predicted octanol–water partition coefficient (Wildman–Crippen LogP) is 4.73. The summed E-state index contributed by atoms with van der Waals surface area (Å²) in [5, 5.41) is 3.17. The molecule has 0 aliphatic carbocycles. The molecule has 0 heterocycles. The molecule has 0 atom stereocenters. The van der Waals surface area contributed by atoms with Crippen LogP contribution in [0.5, 0.6) is 0 Å². The van der Waals surface area contributed by atoms with Gasteiger partial charge < -0.3 is 5.32 Å². The highest BCUT2D eigenvalue weighted by Crippen LogP contribution is 2.27. The maximum atomic E-state index is 13.3. The van der Waals surface area contributed by atoms with Crippen LogP contribution in [-0.4, -0.2) is 27.4 Å². The van der Waals surface area contributed by atoms with E-state index in [1.54, 1.807) is 48.5 Å². The Morgan fingerprint density at radius 2 is 1.72 bits per heavy atom. The van der Waals surface area contributed by atoms with Crippen molar-refractivity contribution in [3.8, 4) is 0 Å². The fraction of sp³-hybridized carbons (Fsp3) is 0.208. The Bertz CT molecular complexity index is 1170. The zero-order chi connectivity index (χ0) is 23.1. The van der Waals surface area contributed by atoms with E-state index in [4.69, 9.17) is 11.6 Å². The minimum Gasteiger partial charge on any atom is -0.355 e. The molecule has 0 aliphatic heterocycles. The summed E-state index contributed by atoms with van der Waals surface area (Å²) in [6.45, 7) is 1.80. The average molecular weight is 475 g/mol. The van der Waals surface area contributed by atoms with E-state index in [2.05, 4.69) is 5.32 Å².